The topological polar surface area (TPSA) is 126 Å². The fourth-order valence-corrected chi connectivity index (χ4v) is 5.63. The summed E-state index contributed by atoms with van der Waals surface area (Å²) in [6, 6.07) is 16.2. The van der Waals surface area contributed by atoms with Gasteiger partial charge >= 0.3 is 7.12 Å². The maximum Gasteiger partial charge on any atom is 0.488 e. The number of rotatable bonds is 10. The highest BCUT2D eigenvalue weighted by Crippen LogP contribution is 2.45. The summed E-state index contributed by atoms with van der Waals surface area (Å²) in [5, 5.41) is 22.0. The molecule has 0 aliphatic heterocycles. The molecule has 4 aromatic rings. The van der Waals surface area contributed by atoms with E-state index in [1.807, 2.05) is 19.1 Å². The largest absolute Gasteiger partial charge is 0.760 e. The lowest BCUT2D eigenvalue weighted by Gasteiger charge is -2.28. The molecule has 1 saturated carbocycles. The normalized spacial score (nSPS) is 14.9. The van der Waals surface area contributed by atoms with Gasteiger partial charge in [0.15, 0.2) is 0 Å². The van der Waals surface area contributed by atoms with E-state index in [9.17, 15) is 28.0 Å². The van der Waals surface area contributed by atoms with Gasteiger partial charge in [0, 0.05) is 42.4 Å². The zero-order valence-corrected chi connectivity index (χ0v) is 22.9. The first-order valence-electron chi connectivity index (χ1n) is 13.0. The maximum absolute atomic E-state index is 13.6. The Morgan fingerprint density at radius 2 is 1.85 bits per heavy atom. The van der Waals surface area contributed by atoms with Crippen molar-refractivity contribution >= 4 is 40.7 Å². The monoisotopic (exact) mass is 563 g/mol. The summed E-state index contributed by atoms with van der Waals surface area (Å²) in [6.45, 7) is 2.24. The SMILES string of the molecule is CNC(=O)c1c(-c2ccc(F)cc2)oc2cc(CN(CC(C)c3ccc(B(O)O)cc3)S(=O)[O-])c(C3CC3)cc12. The fraction of sp³-hybridized carbons (Fsp3) is 0.276. The Hall–Kier alpha value is -3.35. The third-order valence-corrected chi connectivity index (χ3v) is 8.07. The fourth-order valence-electron chi connectivity index (χ4n) is 5.04. The summed E-state index contributed by atoms with van der Waals surface area (Å²) in [5.74, 6) is -0.310. The number of carbonyl (C=O) groups excluding carboxylic acids is 1. The average Bonchev–Trinajstić information content (AvgIpc) is 3.72. The van der Waals surface area contributed by atoms with E-state index < -0.39 is 24.2 Å². The van der Waals surface area contributed by atoms with E-state index in [0.29, 0.717) is 33.3 Å². The second kappa shape index (κ2) is 11.6. The molecule has 0 spiro atoms. The van der Waals surface area contributed by atoms with Crippen molar-refractivity contribution < 1.29 is 32.4 Å². The number of nitrogens with zero attached hydrogens (tertiary/aromatic N) is 1. The van der Waals surface area contributed by atoms with Gasteiger partial charge in [-0.2, -0.15) is 0 Å². The van der Waals surface area contributed by atoms with Crippen LogP contribution in [0.3, 0.4) is 0 Å². The molecule has 1 aliphatic rings. The molecule has 2 unspecified atom stereocenters. The van der Waals surface area contributed by atoms with Crippen molar-refractivity contribution in [2.24, 2.45) is 0 Å². The molecule has 5 rings (SSSR count). The van der Waals surface area contributed by atoms with Crippen LogP contribution in [0.15, 0.2) is 65.1 Å². The first kappa shape index (κ1) is 28.2. The van der Waals surface area contributed by atoms with Gasteiger partial charge in [0.05, 0.1) is 5.56 Å². The van der Waals surface area contributed by atoms with Gasteiger partial charge in [0.2, 0.25) is 0 Å². The van der Waals surface area contributed by atoms with Gasteiger partial charge in [-0.25, -0.2) is 8.70 Å². The number of hydrogen-bond acceptors (Lipinski definition) is 6. The standard InChI is InChI=1S/C29H30BFN2O6S/c1-17(18-5-9-22(10-6-18)30(35)36)15-33(40(37)38)16-21-13-26-25(14-24(21)19-3-4-19)27(29(34)32-2)28(39-26)20-7-11-23(31)12-8-20/h5-14,17,19,35-36H,3-4,15-16H2,1-2H3,(H,32,34)(H,37,38)/p-1. The molecule has 1 aromatic heterocycles. The Morgan fingerprint density at radius 3 is 2.42 bits per heavy atom. The van der Waals surface area contributed by atoms with Crippen LogP contribution in [-0.2, 0) is 17.8 Å². The molecule has 1 fully saturated rings. The van der Waals surface area contributed by atoms with Gasteiger partial charge in [-0.3, -0.25) is 9.00 Å². The van der Waals surface area contributed by atoms with E-state index in [2.05, 4.69) is 5.32 Å². The number of halogens is 1. The minimum absolute atomic E-state index is 0.123. The van der Waals surface area contributed by atoms with E-state index in [0.717, 1.165) is 29.5 Å². The minimum Gasteiger partial charge on any atom is -0.760 e. The molecule has 208 valence electrons. The van der Waals surface area contributed by atoms with Crippen molar-refractivity contribution in [3.05, 3.63) is 88.7 Å². The third kappa shape index (κ3) is 5.89. The molecule has 3 aromatic carbocycles. The molecule has 11 heteroatoms. The first-order chi connectivity index (χ1) is 19.2. The van der Waals surface area contributed by atoms with E-state index in [1.165, 1.54) is 23.5 Å². The van der Waals surface area contributed by atoms with Gasteiger partial charge in [-0.05, 0) is 83.2 Å². The summed E-state index contributed by atoms with van der Waals surface area (Å²) in [6.07, 6.45) is 1.94. The number of furan rings is 1. The summed E-state index contributed by atoms with van der Waals surface area (Å²) in [7, 11) is -0.0340. The lowest BCUT2D eigenvalue weighted by Crippen LogP contribution is -2.31. The summed E-state index contributed by atoms with van der Waals surface area (Å²) in [4.78, 5) is 12.9. The highest BCUT2D eigenvalue weighted by molar-refractivity contribution is 7.76. The first-order valence-corrected chi connectivity index (χ1v) is 14.1. The summed E-state index contributed by atoms with van der Waals surface area (Å²) >= 11 is -2.51. The van der Waals surface area contributed by atoms with Gasteiger partial charge < -0.3 is 24.3 Å². The molecule has 3 N–H and O–H groups in total. The molecule has 8 nitrogen and oxygen atoms in total. The number of hydrogen-bond donors (Lipinski definition) is 3. The molecule has 40 heavy (non-hydrogen) atoms. The second-order valence-corrected chi connectivity index (χ2v) is 11.1. The molecule has 0 bridgehead atoms. The number of amides is 1. The van der Waals surface area contributed by atoms with Crippen molar-refractivity contribution in [1.82, 2.24) is 9.62 Å². The Morgan fingerprint density at radius 1 is 1.18 bits per heavy atom. The molecule has 0 radical (unpaired) electrons. The van der Waals surface area contributed by atoms with Crippen LogP contribution < -0.4 is 10.8 Å². The van der Waals surface area contributed by atoms with E-state index in [-0.39, 0.29) is 30.8 Å². The van der Waals surface area contributed by atoms with Crippen LogP contribution in [0.4, 0.5) is 4.39 Å². The maximum atomic E-state index is 13.6. The quantitative estimate of drug-likeness (QED) is 0.200. The van der Waals surface area contributed by atoms with E-state index >= 15 is 0 Å². The lowest BCUT2D eigenvalue weighted by atomic mass is 9.79. The summed E-state index contributed by atoms with van der Waals surface area (Å²) < 4.78 is 45.8. The van der Waals surface area contributed by atoms with Gasteiger partial charge in [-0.15, -0.1) is 0 Å². The van der Waals surface area contributed by atoms with Crippen LogP contribution in [0.5, 0.6) is 0 Å². The Labute approximate surface area is 234 Å². The number of fused-ring (bicyclic) bond motifs is 1. The van der Waals surface area contributed by atoms with Crippen LogP contribution >= 0.6 is 0 Å². The van der Waals surface area contributed by atoms with Crippen molar-refractivity contribution in [3.63, 3.8) is 0 Å². The van der Waals surface area contributed by atoms with E-state index in [1.54, 1.807) is 36.4 Å². The van der Waals surface area contributed by atoms with Gasteiger partial charge in [-0.1, -0.05) is 31.2 Å². The van der Waals surface area contributed by atoms with Crippen LogP contribution in [0, 0.1) is 5.82 Å². The molecule has 2 atom stereocenters. The van der Waals surface area contributed by atoms with Gasteiger partial charge in [0.25, 0.3) is 5.91 Å². The number of nitrogens with one attached hydrogen (secondary N) is 1. The van der Waals surface area contributed by atoms with Crippen LogP contribution in [-0.4, -0.2) is 49.7 Å². The molecule has 1 amide bonds. The van der Waals surface area contributed by atoms with Gasteiger partial charge in [0.1, 0.15) is 17.2 Å². The molecular formula is C29H29BFN2O6S-. The Bertz CT molecular complexity index is 1550. The Balaban J connectivity index is 1.51. The molecule has 0 saturated heterocycles. The minimum atomic E-state index is -2.51. The van der Waals surface area contributed by atoms with Crippen LogP contribution in [0.1, 0.15) is 58.6 Å². The average molecular weight is 563 g/mol. The predicted molar refractivity (Wildman–Crippen MR) is 151 cm³/mol. The Kier molecular flexibility index (Phi) is 8.20. The van der Waals surface area contributed by atoms with Crippen molar-refractivity contribution in [2.45, 2.75) is 38.1 Å². The van der Waals surface area contributed by atoms with Crippen molar-refractivity contribution in [2.75, 3.05) is 13.6 Å². The van der Waals surface area contributed by atoms with E-state index in [4.69, 9.17) is 4.42 Å². The number of benzene rings is 3. The molecule has 1 heterocycles. The third-order valence-electron chi connectivity index (χ3n) is 7.37. The zero-order valence-electron chi connectivity index (χ0n) is 22.1. The second-order valence-electron chi connectivity index (χ2n) is 10.2. The molecular weight excluding hydrogens is 534 g/mol. The smallest absolute Gasteiger partial charge is 0.488 e. The van der Waals surface area contributed by atoms with Crippen LogP contribution in [0.25, 0.3) is 22.3 Å². The van der Waals surface area contributed by atoms with Crippen molar-refractivity contribution in [1.29, 1.82) is 0 Å². The zero-order chi connectivity index (χ0) is 28.6. The van der Waals surface area contributed by atoms with Crippen molar-refractivity contribution in [3.8, 4) is 11.3 Å². The number of carbonyl (C=O) groups is 1. The highest BCUT2D eigenvalue weighted by atomic mass is 32.2. The van der Waals surface area contributed by atoms with Crippen LogP contribution in [0.2, 0.25) is 0 Å². The lowest BCUT2D eigenvalue weighted by molar-refractivity contribution is 0.0964. The predicted octanol–water partition coefficient (Wildman–Crippen LogP) is 3.56. The highest BCUT2D eigenvalue weighted by Gasteiger charge is 2.30. The summed E-state index contributed by atoms with van der Waals surface area (Å²) in [5.41, 5.74) is 4.36. The molecule has 1 aliphatic carbocycles.